The molecule has 0 aromatic heterocycles. The molecule has 0 amide bonds. The lowest BCUT2D eigenvalue weighted by Crippen LogP contribution is -2.45. The highest BCUT2D eigenvalue weighted by atomic mass is 35.5. The normalized spacial score (nSPS) is 46.1. The fraction of sp³-hybridized carbons (Fsp3) is 0.875. The van der Waals surface area contributed by atoms with Crippen LogP contribution in [0.4, 0.5) is 0 Å². The zero-order valence-corrected chi connectivity index (χ0v) is 6.60. The lowest BCUT2D eigenvalue weighted by atomic mass is 9.64. The molecule has 0 aromatic rings. The maximum Gasteiger partial charge on any atom is 0.136 e. The van der Waals surface area contributed by atoms with Crippen molar-refractivity contribution in [1.82, 2.24) is 0 Å². The molecule has 0 spiro atoms. The van der Waals surface area contributed by atoms with Gasteiger partial charge in [-0.25, -0.2) is 0 Å². The molecule has 0 bridgehead atoms. The third-order valence-corrected chi connectivity index (χ3v) is 3.34. The second-order valence-electron chi connectivity index (χ2n) is 3.38. The van der Waals surface area contributed by atoms with Crippen LogP contribution < -0.4 is 0 Å². The molecule has 3 unspecified atom stereocenters. The van der Waals surface area contributed by atoms with E-state index in [0.29, 0.717) is 23.0 Å². The summed E-state index contributed by atoms with van der Waals surface area (Å²) in [5.41, 5.74) is 0. The zero-order valence-electron chi connectivity index (χ0n) is 5.85. The molecule has 2 saturated carbocycles. The lowest BCUT2D eigenvalue weighted by Gasteiger charge is -2.43. The van der Waals surface area contributed by atoms with Crippen molar-refractivity contribution in [3.63, 3.8) is 0 Å². The van der Waals surface area contributed by atoms with Gasteiger partial charge < -0.3 is 0 Å². The van der Waals surface area contributed by atoms with Gasteiger partial charge in [0.2, 0.25) is 0 Å². The van der Waals surface area contributed by atoms with Crippen molar-refractivity contribution in [1.29, 1.82) is 0 Å². The number of carbonyl (C=O) groups excluding carboxylic acids is 1. The number of rotatable bonds is 0. The van der Waals surface area contributed by atoms with E-state index in [1.165, 1.54) is 6.42 Å². The number of halogens is 1. The number of Topliss-reactive ketones (excluding diaryl/α,β-unsaturated/α-hetero) is 1. The van der Waals surface area contributed by atoms with Crippen molar-refractivity contribution in [3.8, 4) is 0 Å². The van der Waals surface area contributed by atoms with Crippen LogP contribution in [0, 0.1) is 11.8 Å². The number of carbonyl (C=O) groups is 1. The number of ketones is 1. The van der Waals surface area contributed by atoms with Gasteiger partial charge in [0, 0.05) is 17.7 Å². The molecule has 0 heterocycles. The molecule has 0 radical (unpaired) electrons. The van der Waals surface area contributed by atoms with E-state index in [9.17, 15) is 4.79 Å². The van der Waals surface area contributed by atoms with Crippen LogP contribution in [0.3, 0.4) is 0 Å². The molecule has 2 aliphatic rings. The van der Waals surface area contributed by atoms with Crippen molar-refractivity contribution < 1.29 is 4.79 Å². The van der Waals surface area contributed by atoms with E-state index in [1.54, 1.807) is 0 Å². The molecule has 56 valence electrons. The second-order valence-corrected chi connectivity index (χ2v) is 3.94. The highest BCUT2D eigenvalue weighted by molar-refractivity contribution is 6.22. The summed E-state index contributed by atoms with van der Waals surface area (Å²) in [4.78, 5) is 11.1. The summed E-state index contributed by atoms with van der Waals surface area (Å²) in [6, 6.07) is 0. The minimum absolute atomic E-state index is 0.314. The Hall–Kier alpha value is -0.0400. The van der Waals surface area contributed by atoms with Crippen LogP contribution in [0.5, 0.6) is 0 Å². The van der Waals surface area contributed by atoms with Crippen LogP contribution >= 0.6 is 11.6 Å². The van der Waals surface area contributed by atoms with Crippen LogP contribution in [-0.2, 0) is 4.79 Å². The lowest BCUT2D eigenvalue weighted by molar-refractivity contribution is -0.130. The second kappa shape index (κ2) is 2.23. The van der Waals surface area contributed by atoms with E-state index >= 15 is 0 Å². The Labute approximate surface area is 65.7 Å². The van der Waals surface area contributed by atoms with E-state index in [-0.39, 0.29) is 0 Å². The van der Waals surface area contributed by atoms with Gasteiger partial charge in [-0.15, -0.1) is 11.6 Å². The predicted octanol–water partition coefficient (Wildman–Crippen LogP) is 1.98. The summed E-state index contributed by atoms with van der Waals surface area (Å²) >= 11 is 5.94. The fourth-order valence-electron chi connectivity index (χ4n) is 2.10. The number of hydrogen-bond donors (Lipinski definition) is 0. The molecular formula is C8H11ClO. The molecule has 0 aromatic carbocycles. The summed E-state index contributed by atoms with van der Waals surface area (Å²) in [6.07, 6.45) is 4.02. The summed E-state index contributed by atoms with van der Waals surface area (Å²) in [7, 11) is 0. The highest BCUT2D eigenvalue weighted by Crippen LogP contribution is 2.45. The summed E-state index contributed by atoms with van der Waals surface area (Å²) in [5, 5.41) is 0.314. The minimum Gasteiger partial charge on any atom is -0.299 e. The molecule has 2 aliphatic carbocycles. The van der Waals surface area contributed by atoms with Gasteiger partial charge in [-0.2, -0.15) is 0 Å². The average molecular weight is 159 g/mol. The Bertz CT molecular complexity index is 167. The van der Waals surface area contributed by atoms with Crippen LogP contribution in [0.2, 0.25) is 0 Å². The van der Waals surface area contributed by atoms with E-state index in [1.807, 2.05) is 0 Å². The third kappa shape index (κ3) is 0.800. The molecule has 2 rings (SSSR count). The van der Waals surface area contributed by atoms with Gasteiger partial charge in [-0.05, 0) is 25.2 Å². The summed E-state index contributed by atoms with van der Waals surface area (Å²) in [5.74, 6) is 1.37. The van der Waals surface area contributed by atoms with E-state index in [4.69, 9.17) is 11.6 Å². The fourth-order valence-corrected chi connectivity index (χ4v) is 2.59. The quantitative estimate of drug-likeness (QED) is 0.493. The first-order chi connectivity index (χ1) is 4.79. The van der Waals surface area contributed by atoms with Gasteiger partial charge in [-0.3, -0.25) is 4.79 Å². The van der Waals surface area contributed by atoms with Gasteiger partial charge in [0.1, 0.15) is 5.78 Å². The largest absolute Gasteiger partial charge is 0.299 e. The first kappa shape index (κ1) is 6.66. The van der Waals surface area contributed by atoms with Gasteiger partial charge in [0.05, 0.1) is 0 Å². The minimum atomic E-state index is 0.314. The molecule has 1 nitrogen and oxygen atoms in total. The van der Waals surface area contributed by atoms with Gasteiger partial charge >= 0.3 is 0 Å². The van der Waals surface area contributed by atoms with Crippen molar-refractivity contribution in [2.75, 3.05) is 0 Å². The van der Waals surface area contributed by atoms with Crippen molar-refractivity contribution in [2.45, 2.75) is 31.1 Å². The molecule has 3 atom stereocenters. The highest BCUT2D eigenvalue weighted by Gasteiger charge is 2.45. The Kier molecular flexibility index (Phi) is 1.48. The van der Waals surface area contributed by atoms with Crippen molar-refractivity contribution >= 4 is 17.4 Å². The van der Waals surface area contributed by atoms with Gasteiger partial charge in [0.15, 0.2) is 0 Å². The van der Waals surface area contributed by atoms with Gasteiger partial charge in [0.25, 0.3) is 0 Å². The van der Waals surface area contributed by atoms with Crippen LogP contribution in [0.1, 0.15) is 25.7 Å². The smallest absolute Gasteiger partial charge is 0.136 e. The first-order valence-electron chi connectivity index (χ1n) is 3.96. The first-order valence-corrected chi connectivity index (χ1v) is 4.39. The molecule has 10 heavy (non-hydrogen) atoms. The maximum atomic E-state index is 11.1. The Morgan fingerprint density at radius 1 is 1.50 bits per heavy atom. The number of alkyl halides is 1. The van der Waals surface area contributed by atoms with E-state index in [0.717, 1.165) is 19.3 Å². The standard InChI is InChI=1S/C8H11ClO/c9-7-4-6-5(7)2-1-3-8(6)10/h5-7H,1-4H2. The van der Waals surface area contributed by atoms with Crippen LogP contribution in [-0.4, -0.2) is 11.2 Å². The van der Waals surface area contributed by atoms with Crippen LogP contribution in [0.25, 0.3) is 0 Å². The average Bonchev–Trinajstić information content (AvgIpc) is 1.91. The summed E-state index contributed by atoms with van der Waals surface area (Å²) < 4.78 is 0. The van der Waals surface area contributed by atoms with E-state index in [2.05, 4.69) is 0 Å². The van der Waals surface area contributed by atoms with Crippen molar-refractivity contribution in [2.24, 2.45) is 11.8 Å². The van der Waals surface area contributed by atoms with Crippen LogP contribution in [0.15, 0.2) is 0 Å². The molecular weight excluding hydrogens is 148 g/mol. The molecule has 0 N–H and O–H groups in total. The van der Waals surface area contributed by atoms with Crippen molar-refractivity contribution in [3.05, 3.63) is 0 Å². The number of fused-ring (bicyclic) bond motifs is 1. The Morgan fingerprint density at radius 2 is 2.30 bits per heavy atom. The number of hydrogen-bond acceptors (Lipinski definition) is 1. The maximum absolute atomic E-state index is 11.1. The molecule has 2 heteroatoms. The van der Waals surface area contributed by atoms with E-state index < -0.39 is 0 Å². The predicted molar refractivity (Wildman–Crippen MR) is 40.1 cm³/mol. The monoisotopic (exact) mass is 158 g/mol. The third-order valence-electron chi connectivity index (χ3n) is 2.83. The topological polar surface area (TPSA) is 17.1 Å². The Morgan fingerprint density at radius 3 is 2.90 bits per heavy atom. The molecule has 0 aliphatic heterocycles. The molecule has 0 saturated heterocycles. The Balaban J connectivity index is 2.05. The summed E-state index contributed by atoms with van der Waals surface area (Å²) in [6.45, 7) is 0. The zero-order chi connectivity index (χ0) is 7.14. The SMILES string of the molecule is O=C1CCCC2C(Cl)CC12. The molecule has 2 fully saturated rings. The van der Waals surface area contributed by atoms with Gasteiger partial charge in [-0.1, -0.05) is 0 Å².